The number of fused-ring (bicyclic) bond motifs is 1. The first-order valence-electron chi connectivity index (χ1n) is 9.53. The van der Waals surface area contributed by atoms with Gasteiger partial charge in [-0.25, -0.2) is 4.68 Å². The minimum Gasteiger partial charge on any atom is -0.490 e. The van der Waals surface area contributed by atoms with Gasteiger partial charge in [0.15, 0.2) is 0 Å². The van der Waals surface area contributed by atoms with Crippen LogP contribution in [0.4, 0.5) is 0 Å². The van der Waals surface area contributed by atoms with E-state index in [2.05, 4.69) is 66.0 Å². The van der Waals surface area contributed by atoms with Gasteiger partial charge in [0.2, 0.25) is 5.88 Å². The summed E-state index contributed by atoms with van der Waals surface area (Å²) in [7, 11) is 0. The lowest BCUT2D eigenvalue weighted by molar-refractivity contribution is 0.258. The molecule has 154 valence electrons. The number of aromatic nitrogens is 2. The van der Waals surface area contributed by atoms with Crippen LogP contribution in [0.1, 0.15) is 6.92 Å². The molecule has 0 radical (unpaired) electrons. The molecule has 0 saturated carbocycles. The summed E-state index contributed by atoms with van der Waals surface area (Å²) in [4.78, 5) is 0. The Kier molecular flexibility index (Phi) is 6.80. The lowest BCUT2D eigenvalue weighted by Gasteiger charge is -2.12. The zero-order chi connectivity index (χ0) is 21.1. The van der Waals surface area contributed by atoms with Crippen LogP contribution in [0.2, 0.25) is 0 Å². The number of rotatable bonds is 7. The lowest BCUT2D eigenvalue weighted by Crippen LogP contribution is -2.12. The minimum atomic E-state index is 0.461. The van der Waals surface area contributed by atoms with E-state index in [4.69, 9.17) is 14.6 Å². The highest BCUT2D eigenvalue weighted by atomic mass is 79.9. The van der Waals surface area contributed by atoms with Crippen LogP contribution in [0.3, 0.4) is 0 Å². The van der Waals surface area contributed by atoms with Gasteiger partial charge in [-0.05, 0) is 67.8 Å². The molecule has 0 saturated heterocycles. The van der Waals surface area contributed by atoms with Gasteiger partial charge in [-0.1, -0.05) is 58.4 Å². The van der Waals surface area contributed by atoms with Crippen LogP contribution in [0.25, 0.3) is 22.0 Å². The van der Waals surface area contributed by atoms with Crippen molar-refractivity contribution in [1.29, 1.82) is 0 Å². The second-order valence-corrected chi connectivity index (χ2v) is 9.08. The van der Waals surface area contributed by atoms with Crippen LogP contribution in [0, 0.1) is 0 Å². The monoisotopic (exact) mass is 592 g/mol. The normalized spacial score (nSPS) is 11.1. The Hall–Kier alpha value is -1.83. The van der Waals surface area contributed by atoms with Gasteiger partial charge in [0.25, 0.3) is 0 Å². The van der Waals surface area contributed by atoms with Gasteiger partial charge in [0.1, 0.15) is 22.5 Å². The molecule has 4 rings (SSSR count). The summed E-state index contributed by atoms with van der Waals surface area (Å²) in [6.45, 7) is 3.55. The predicted octanol–water partition coefficient (Wildman–Crippen LogP) is 7.47. The highest BCUT2D eigenvalue weighted by molar-refractivity contribution is 9.11. The Morgan fingerprint density at radius 1 is 0.900 bits per heavy atom. The van der Waals surface area contributed by atoms with Gasteiger partial charge in [-0.3, -0.25) is 0 Å². The van der Waals surface area contributed by atoms with Crippen LogP contribution >= 0.6 is 47.8 Å². The fourth-order valence-corrected chi connectivity index (χ4v) is 4.84. The minimum absolute atomic E-state index is 0.461. The van der Waals surface area contributed by atoms with Crippen molar-refractivity contribution in [2.24, 2.45) is 0 Å². The molecule has 0 N–H and O–H groups in total. The van der Waals surface area contributed by atoms with E-state index in [0.29, 0.717) is 25.6 Å². The summed E-state index contributed by atoms with van der Waals surface area (Å²) in [5.74, 6) is 1.51. The van der Waals surface area contributed by atoms with Crippen molar-refractivity contribution in [3.63, 3.8) is 0 Å². The molecule has 4 nitrogen and oxygen atoms in total. The largest absolute Gasteiger partial charge is 0.490 e. The first-order chi connectivity index (χ1) is 14.6. The average Bonchev–Trinajstić information content (AvgIpc) is 3.06. The third-order valence-electron chi connectivity index (χ3n) is 4.62. The first kappa shape index (κ1) is 21.4. The number of nitrogens with zero attached hydrogens (tertiary/aromatic N) is 2. The van der Waals surface area contributed by atoms with Crippen molar-refractivity contribution >= 4 is 58.6 Å². The Morgan fingerprint density at radius 3 is 2.47 bits per heavy atom. The molecule has 0 fully saturated rings. The molecule has 0 spiro atoms. The third kappa shape index (κ3) is 4.43. The molecule has 0 aliphatic carbocycles. The highest BCUT2D eigenvalue weighted by Gasteiger charge is 2.18. The van der Waals surface area contributed by atoms with Gasteiger partial charge in [-0.15, -0.1) is 0 Å². The van der Waals surface area contributed by atoms with Gasteiger partial charge >= 0.3 is 0 Å². The molecule has 3 aromatic carbocycles. The second kappa shape index (κ2) is 9.54. The quantitative estimate of drug-likeness (QED) is 0.223. The van der Waals surface area contributed by atoms with Crippen LogP contribution in [-0.4, -0.2) is 23.0 Å². The summed E-state index contributed by atoms with van der Waals surface area (Å²) in [5, 5.41) is 7.01. The maximum absolute atomic E-state index is 6.08. The number of benzene rings is 3. The molecule has 4 aromatic rings. The lowest BCUT2D eigenvalue weighted by atomic mass is 10.1. The zero-order valence-electron chi connectivity index (χ0n) is 16.2. The highest BCUT2D eigenvalue weighted by Crippen LogP contribution is 2.36. The van der Waals surface area contributed by atoms with Crippen molar-refractivity contribution in [3.05, 3.63) is 74.1 Å². The Bertz CT molecular complexity index is 1180. The molecule has 1 aromatic heterocycles. The van der Waals surface area contributed by atoms with Gasteiger partial charge in [0.05, 0.1) is 17.6 Å². The van der Waals surface area contributed by atoms with E-state index in [1.54, 1.807) is 0 Å². The van der Waals surface area contributed by atoms with Crippen LogP contribution in [-0.2, 0) is 6.54 Å². The molecular weight excluding hydrogens is 576 g/mol. The molecule has 30 heavy (non-hydrogen) atoms. The zero-order valence-corrected chi connectivity index (χ0v) is 21.0. The summed E-state index contributed by atoms with van der Waals surface area (Å²) in [6, 6.07) is 20.3. The van der Waals surface area contributed by atoms with Crippen molar-refractivity contribution in [3.8, 4) is 22.9 Å². The van der Waals surface area contributed by atoms with E-state index in [1.165, 1.54) is 0 Å². The molecule has 0 unspecified atom stereocenters. The van der Waals surface area contributed by atoms with Crippen molar-refractivity contribution < 1.29 is 9.47 Å². The maximum Gasteiger partial charge on any atom is 0.227 e. The van der Waals surface area contributed by atoms with E-state index in [0.717, 1.165) is 41.2 Å². The maximum atomic E-state index is 6.08. The number of halogens is 3. The van der Waals surface area contributed by atoms with Crippen molar-refractivity contribution in [1.82, 2.24) is 9.78 Å². The molecule has 0 atom stereocenters. The SMILES string of the molecule is CCOc1c(Br)c(-c2ccccc2)nn1CCOc1ccc2cc(Br)ccc2c1Br. The Morgan fingerprint density at radius 2 is 1.70 bits per heavy atom. The number of hydrogen-bond donors (Lipinski definition) is 0. The molecule has 7 heteroatoms. The standard InChI is InChI=1S/C23H19Br3N2O2/c1-2-29-23-21(26)22(15-6-4-3-5-7-15)27-28(23)12-13-30-19-11-8-16-14-17(24)9-10-18(16)20(19)25/h3-11,14H,2,12-13H2,1H3. The van der Waals surface area contributed by atoms with Gasteiger partial charge in [0, 0.05) is 10.0 Å². The van der Waals surface area contributed by atoms with E-state index >= 15 is 0 Å². The third-order valence-corrected chi connectivity index (χ3v) is 6.65. The second-order valence-electron chi connectivity index (χ2n) is 6.58. The molecule has 0 aliphatic rings. The van der Waals surface area contributed by atoms with Crippen LogP contribution in [0.5, 0.6) is 11.6 Å². The molecule has 0 amide bonds. The molecule has 0 bridgehead atoms. The van der Waals surface area contributed by atoms with Crippen molar-refractivity contribution in [2.75, 3.05) is 13.2 Å². The Labute approximate surface area is 200 Å². The topological polar surface area (TPSA) is 36.3 Å². The summed E-state index contributed by atoms with van der Waals surface area (Å²) in [5.41, 5.74) is 1.89. The smallest absolute Gasteiger partial charge is 0.227 e. The van der Waals surface area contributed by atoms with Crippen LogP contribution < -0.4 is 9.47 Å². The summed E-state index contributed by atoms with van der Waals surface area (Å²) >= 11 is 10.9. The molecule has 0 aliphatic heterocycles. The average molecular weight is 595 g/mol. The summed E-state index contributed by atoms with van der Waals surface area (Å²) < 4.78 is 16.6. The Balaban J connectivity index is 1.54. The number of ether oxygens (including phenoxy) is 2. The van der Waals surface area contributed by atoms with Crippen molar-refractivity contribution in [2.45, 2.75) is 13.5 Å². The van der Waals surface area contributed by atoms with Crippen LogP contribution in [0.15, 0.2) is 74.1 Å². The predicted molar refractivity (Wildman–Crippen MR) is 131 cm³/mol. The van der Waals surface area contributed by atoms with E-state index in [1.807, 2.05) is 54.1 Å². The van der Waals surface area contributed by atoms with Gasteiger partial charge < -0.3 is 9.47 Å². The molecule has 1 heterocycles. The van der Waals surface area contributed by atoms with E-state index in [-0.39, 0.29) is 0 Å². The fraction of sp³-hybridized carbons (Fsp3) is 0.174. The first-order valence-corrected chi connectivity index (χ1v) is 11.9. The van der Waals surface area contributed by atoms with E-state index in [9.17, 15) is 0 Å². The fourth-order valence-electron chi connectivity index (χ4n) is 3.23. The molecular formula is C23H19Br3N2O2. The summed E-state index contributed by atoms with van der Waals surface area (Å²) in [6.07, 6.45) is 0. The van der Waals surface area contributed by atoms with E-state index < -0.39 is 0 Å². The number of hydrogen-bond acceptors (Lipinski definition) is 3. The van der Waals surface area contributed by atoms with Gasteiger partial charge in [-0.2, -0.15) is 5.10 Å².